The number of unbranched alkanes of at least 4 members (excludes halogenated alkanes) is 38. The number of allylic oxidation sites excluding steroid dienone is 6. The Labute approximate surface area is 412 Å². The molecule has 0 aliphatic heterocycles. The molecule has 1 atom stereocenters. The lowest BCUT2D eigenvalue weighted by atomic mass is 10.0. The number of hydrogen-bond donors (Lipinski definition) is 0. The maximum Gasteiger partial charge on any atom is 0.305 e. The first-order valence-electron chi connectivity index (χ1n) is 29.5. The molecule has 0 saturated carbocycles. The summed E-state index contributed by atoms with van der Waals surface area (Å²) in [5, 5.41) is 0. The second kappa shape index (κ2) is 57.4. The molecule has 0 heterocycles. The molecule has 0 fully saturated rings. The molecular weight excluding hydrogens is 813 g/mol. The highest BCUT2D eigenvalue weighted by Crippen LogP contribution is 2.16. The van der Waals surface area contributed by atoms with Crippen LogP contribution < -0.4 is 0 Å². The summed E-state index contributed by atoms with van der Waals surface area (Å²) in [5.41, 5.74) is 0. The molecule has 5 nitrogen and oxygen atoms in total. The van der Waals surface area contributed by atoms with Gasteiger partial charge in [0, 0.05) is 19.4 Å². The van der Waals surface area contributed by atoms with Gasteiger partial charge in [-0.2, -0.15) is 0 Å². The van der Waals surface area contributed by atoms with Gasteiger partial charge in [0.25, 0.3) is 0 Å². The van der Waals surface area contributed by atoms with Crippen LogP contribution in [0, 0.1) is 0 Å². The second-order valence-electron chi connectivity index (χ2n) is 19.9. The predicted molar refractivity (Wildman–Crippen MR) is 288 cm³/mol. The van der Waals surface area contributed by atoms with E-state index in [9.17, 15) is 9.59 Å². The van der Waals surface area contributed by atoms with Gasteiger partial charge in [-0.3, -0.25) is 9.59 Å². The number of rotatable bonds is 55. The van der Waals surface area contributed by atoms with E-state index in [0.29, 0.717) is 19.4 Å². The SMILES string of the molecule is CCCCC/C=C\C/C=C\CCCCCCCC(=O)OC[C@H](COC(=O)CCCCCCCCCCC/C=C\CCCCCCCC)OCCCCCCCCCCCCCCCCCC. The number of hydrogen-bond acceptors (Lipinski definition) is 5. The van der Waals surface area contributed by atoms with Crippen LogP contribution >= 0.6 is 0 Å². The largest absolute Gasteiger partial charge is 0.463 e. The van der Waals surface area contributed by atoms with Gasteiger partial charge in [-0.15, -0.1) is 0 Å². The highest BCUT2D eigenvalue weighted by Gasteiger charge is 2.16. The lowest BCUT2D eigenvalue weighted by Crippen LogP contribution is -2.29. The minimum atomic E-state index is -0.403. The van der Waals surface area contributed by atoms with Crippen molar-refractivity contribution in [2.75, 3.05) is 19.8 Å². The fourth-order valence-corrected chi connectivity index (χ4v) is 8.69. The Morgan fingerprint density at radius 1 is 0.318 bits per heavy atom. The van der Waals surface area contributed by atoms with Crippen LogP contribution in [0.25, 0.3) is 0 Å². The molecule has 0 N–H and O–H groups in total. The Hall–Kier alpha value is -1.88. The standard InChI is InChI=1S/C61H114O5/c1-4-7-10-13-16-19-22-25-28-30-31-32-34-37-40-43-46-49-52-55-61(63)66-58-59(64-56-53-50-47-44-41-38-35-29-26-23-20-17-14-11-8-5-2)57-65-60(62)54-51-48-45-42-39-36-33-27-24-21-18-15-12-9-6-3/h18,21,25,27-28,33,59H,4-17,19-20,22-24,26,29-32,34-58H2,1-3H3/b21-18-,28-25-,33-27-/t59-/m1/s1. The van der Waals surface area contributed by atoms with Crippen molar-refractivity contribution in [3.05, 3.63) is 36.5 Å². The average molecular weight is 928 g/mol. The van der Waals surface area contributed by atoms with Gasteiger partial charge in [-0.05, 0) is 77.0 Å². The zero-order chi connectivity index (χ0) is 47.7. The van der Waals surface area contributed by atoms with E-state index in [1.54, 1.807) is 0 Å². The van der Waals surface area contributed by atoms with Gasteiger partial charge in [0.15, 0.2) is 0 Å². The van der Waals surface area contributed by atoms with Gasteiger partial charge >= 0.3 is 11.9 Å². The smallest absolute Gasteiger partial charge is 0.305 e. The van der Waals surface area contributed by atoms with Crippen LogP contribution in [-0.2, 0) is 23.8 Å². The van der Waals surface area contributed by atoms with Crippen LogP contribution in [0.2, 0.25) is 0 Å². The molecule has 0 aromatic carbocycles. The monoisotopic (exact) mass is 927 g/mol. The fourth-order valence-electron chi connectivity index (χ4n) is 8.69. The summed E-state index contributed by atoms with van der Waals surface area (Å²) in [4.78, 5) is 25.3. The van der Waals surface area contributed by atoms with Crippen LogP contribution in [0.1, 0.15) is 316 Å². The van der Waals surface area contributed by atoms with E-state index in [2.05, 4.69) is 57.2 Å². The van der Waals surface area contributed by atoms with Gasteiger partial charge in [0.05, 0.1) is 0 Å². The molecule has 0 unspecified atom stereocenters. The molecular formula is C61H114O5. The highest BCUT2D eigenvalue weighted by atomic mass is 16.6. The lowest BCUT2D eigenvalue weighted by molar-refractivity contribution is -0.155. The minimum Gasteiger partial charge on any atom is -0.463 e. The number of esters is 2. The summed E-state index contributed by atoms with van der Waals surface area (Å²) in [6.07, 6.45) is 70.4. The first kappa shape index (κ1) is 64.1. The molecule has 0 bridgehead atoms. The summed E-state index contributed by atoms with van der Waals surface area (Å²) in [5.74, 6) is -0.335. The molecule has 0 aliphatic rings. The van der Waals surface area contributed by atoms with E-state index < -0.39 is 6.10 Å². The third-order valence-corrected chi connectivity index (χ3v) is 13.2. The van der Waals surface area contributed by atoms with Gasteiger partial charge in [0.1, 0.15) is 19.3 Å². The topological polar surface area (TPSA) is 61.8 Å². The summed E-state index contributed by atoms with van der Waals surface area (Å²) < 4.78 is 17.5. The highest BCUT2D eigenvalue weighted by molar-refractivity contribution is 5.69. The first-order valence-corrected chi connectivity index (χ1v) is 29.5. The van der Waals surface area contributed by atoms with Crippen molar-refractivity contribution in [3.8, 4) is 0 Å². The Morgan fingerprint density at radius 3 is 0.924 bits per heavy atom. The van der Waals surface area contributed by atoms with Crippen LogP contribution in [0.3, 0.4) is 0 Å². The molecule has 388 valence electrons. The van der Waals surface area contributed by atoms with E-state index >= 15 is 0 Å². The maximum absolute atomic E-state index is 12.7. The van der Waals surface area contributed by atoms with Gasteiger partial charge < -0.3 is 14.2 Å². The van der Waals surface area contributed by atoms with E-state index in [1.807, 2.05) is 0 Å². The lowest BCUT2D eigenvalue weighted by Gasteiger charge is -2.18. The third kappa shape index (κ3) is 54.7. The van der Waals surface area contributed by atoms with E-state index in [1.165, 1.54) is 225 Å². The quantitative estimate of drug-likeness (QED) is 0.0345. The van der Waals surface area contributed by atoms with Crippen molar-refractivity contribution in [1.82, 2.24) is 0 Å². The average Bonchev–Trinajstić information content (AvgIpc) is 3.32. The molecule has 0 saturated heterocycles. The summed E-state index contributed by atoms with van der Waals surface area (Å²) in [7, 11) is 0. The Morgan fingerprint density at radius 2 is 0.576 bits per heavy atom. The first-order chi connectivity index (χ1) is 32.6. The van der Waals surface area contributed by atoms with Crippen molar-refractivity contribution in [2.24, 2.45) is 0 Å². The molecule has 0 aliphatic carbocycles. The van der Waals surface area contributed by atoms with Crippen LogP contribution in [-0.4, -0.2) is 37.9 Å². The molecule has 5 heteroatoms. The van der Waals surface area contributed by atoms with Crippen LogP contribution in [0.5, 0.6) is 0 Å². The fraction of sp³-hybridized carbons (Fsp3) is 0.869. The molecule has 0 aromatic rings. The molecule has 0 amide bonds. The number of carbonyl (C=O) groups is 2. The summed E-state index contributed by atoms with van der Waals surface area (Å²) in [6, 6.07) is 0. The number of carbonyl (C=O) groups excluding carboxylic acids is 2. The number of ether oxygens (including phenoxy) is 3. The summed E-state index contributed by atoms with van der Waals surface area (Å²) in [6.45, 7) is 7.74. The van der Waals surface area contributed by atoms with Crippen molar-refractivity contribution < 1.29 is 23.8 Å². The molecule has 0 aromatic heterocycles. The van der Waals surface area contributed by atoms with Crippen molar-refractivity contribution >= 4 is 11.9 Å². The molecule has 0 spiro atoms. The second-order valence-corrected chi connectivity index (χ2v) is 19.9. The molecule has 0 radical (unpaired) electrons. The minimum absolute atomic E-state index is 0.154. The maximum atomic E-state index is 12.7. The summed E-state index contributed by atoms with van der Waals surface area (Å²) >= 11 is 0. The normalized spacial score (nSPS) is 12.3. The van der Waals surface area contributed by atoms with Crippen molar-refractivity contribution in [1.29, 1.82) is 0 Å². The Balaban J connectivity index is 4.23. The van der Waals surface area contributed by atoms with Gasteiger partial charge in [-0.25, -0.2) is 0 Å². The van der Waals surface area contributed by atoms with Gasteiger partial charge in [-0.1, -0.05) is 263 Å². The Bertz CT molecular complexity index is 1050. The molecule has 66 heavy (non-hydrogen) atoms. The zero-order valence-corrected chi connectivity index (χ0v) is 44.7. The zero-order valence-electron chi connectivity index (χ0n) is 44.7. The molecule has 0 rings (SSSR count). The van der Waals surface area contributed by atoms with Crippen molar-refractivity contribution in [2.45, 2.75) is 322 Å². The van der Waals surface area contributed by atoms with Crippen molar-refractivity contribution in [3.63, 3.8) is 0 Å². The Kier molecular flexibility index (Phi) is 55.8. The van der Waals surface area contributed by atoms with E-state index in [-0.39, 0.29) is 25.2 Å². The third-order valence-electron chi connectivity index (χ3n) is 13.2. The van der Waals surface area contributed by atoms with E-state index in [0.717, 1.165) is 57.8 Å². The van der Waals surface area contributed by atoms with Gasteiger partial charge in [0.2, 0.25) is 0 Å². The van der Waals surface area contributed by atoms with Crippen LogP contribution in [0.4, 0.5) is 0 Å². The van der Waals surface area contributed by atoms with Crippen LogP contribution in [0.15, 0.2) is 36.5 Å². The van der Waals surface area contributed by atoms with E-state index in [4.69, 9.17) is 14.2 Å². The predicted octanol–water partition coefficient (Wildman–Crippen LogP) is 20.1.